The van der Waals surface area contributed by atoms with E-state index in [1.807, 2.05) is 0 Å². The minimum absolute atomic E-state index is 0.0717. The van der Waals surface area contributed by atoms with Gasteiger partial charge < -0.3 is 4.90 Å². The molecule has 1 heterocycles. The summed E-state index contributed by atoms with van der Waals surface area (Å²) in [5, 5.41) is 4.33. The maximum absolute atomic E-state index is 13.8. The molecule has 4 nitrogen and oxygen atoms in total. The van der Waals surface area contributed by atoms with Crippen LogP contribution in [0.15, 0.2) is 29.2 Å². The molecule has 0 aliphatic rings. The lowest BCUT2D eigenvalue weighted by molar-refractivity contribution is 0.572. The highest BCUT2D eigenvalue weighted by Gasteiger charge is 2.13. The van der Waals surface area contributed by atoms with Crippen molar-refractivity contribution in [1.29, 1.82) is 0 Å². The highest BCUT2D eigenvalue weighted by molar-refractivity contribution is 6.42. The molecule has 7 heteroatoms. The van der Waals surface area contributed by atoms with Gasteiger partial charge in [-0.15, -0.1) is 0 Å². The molecule has 0 N–H and O–H groups in total. The molecule has 0 atom stereocenters. The zero-order chi connectivity index (χ0) is 14.9. The van der Waals surface area contributed by atoms with Crippen molar-refractivity contribution >= 4 is 28.9 Å². The van der Waals surface area contributed by atoms with Crippen LogP contribution in [0, 0.1) is 5.82 Å². The molecule has 0 unspecified atom stereocenters. The highest BCUT2D eigenvalue weighted by Crippen LogP contribution is 2.28. The lowest BCUT2D eigenvalue weighted by Gasteiger charge is -2.13. The summed E-state index contributed by atoms with van der Waals surface area (Å²) < 4.78 is 14.9. The van der Waals surface area contributed by atoms with Gasteiger partial charge in [-0.05, 0) is 12.1 Å². The van der Waals surface area contributed by atoms with Gasteiger partial charge in [0.25, 0.3) is 5.56 Å². The fourth-order valence-corrected chi connectivity index (χ4v) is 2.04. The third-order valence-electron chi connectivity index (χ3n) is 2.82. The van der Waals surface area contributed by atoms with E-state index in [1.165, 1.54) is 24.4 Å². The van der Waals surface area contributed by atoms with Crippen LogP contribution in [0.25, 0.3) is 0 Å². The summed E-state index contributed by atoms with van der Waals surface area (Å²) in [4.78, 5) is 13.7. The van der Waals surface area contributed by atoms with E-state index in [-0.39, 0.29) is 27.7 Å². The Morgan fingerprint density at radius 2 is 2.05 bits per heavy atom. The van der Waals surface area contributed by atoms with E-state index in [9.17, 15) is 9.18 Å². The summed E-state index contributed by atoms with van der Waals surface area (Å²) in [6, 6.07) is 4.00. The van der Waals surface area contributed by atoms with Crippen LogP contribution in [0.1, 0.15) is 5.56 Å². The Morgan fingerprint density at radius 3 is 2.65 bits per heavy atom. The lowest BCUT2D eigenvalue weighted by Crippen LogP contribution is -2.25. The zero-order valence-electron chi connectivity index (χ0n) is 10.9. The van der Waals surface area contributed by atoms with E-state index in [4.69, 9.17) is 23.2 Å². The van der Waals surface area contributed by atoms with Gasteiger partial charge in [0.05, 0.1) is 28.5 Å². The van der Waals surface area contributed by atoms with Crippen LogP contribution in [-0.2, 0) is 6.54 Å². The maximum Gasteiger partial charge on any atom is 0.269 e. The maximum atomic E-state index is 13.8. The normalized spacial score (nSPS) is 10.7. The smallest absolute Gasteiger partial charge is 0.269 e. The van der Waals surface area contributed by atoms with Crippen LogP contribution >= 0.6 is 23.2 Å². The molecule has 20 heavy (non-hydrogen) atoms. The van der Waals surface area contributed by atoms with E-state index >= 15 is 0 Å². The van der Waals surface area contributed by atoms with Gasteiger partial charge in [-0.2, -0.15) is 5.10 Å². The molecular formula is C13H12Cl2FN3O. The highest BCUT2D eigenvalue weighted by atomic mass is 35.5. The second kappa shape index (κ2) is 5.81. The average Bonchev–Trinajstić information content (AvgIpc) is 2.40. The van der Waals surface area contributed by atoms with Gasteiger partial charge in [0.1, 0.15) is 5.82 Å². The number of aromatic nitrogens is 2. The molecule has 0 aliphatic heterocycles. The standard InChI is InChI=1S/C13H12Cl2FN3O/c1-18(2)8-5-12(20)19(17-6-8)7-9-11(16)4-3-10(14)13(9)15/h3-6H,7H2,1-2H3. The minimum atomic E-state index is -0.523. The van der Waals surface area contributed by atoms with Gasteiger partial charge in [0.15, 0.2) is 0 Å². The van der Waals surface area contributed by atoms with Crippen LogP contribution < -0.4 is 10.5 Å². The fourth-order valence-electron chi connectivity index (χ4n) is 1.65. The van der Waals surface area contributed by atoms with E-state index < -0.39 is 5.82 Å². The predicted molar refractivity (Wildman–Crippen MR) is 78.3 cm³/mol. The number of rotatable bonds is 3. The third kappa shape index (κ3) is 2.94. The summed E-state index contributed by atoms with van der Waals surface area (Å²) >= 11 is 11.8. The number of benzene rings is 1. The molecule has 0 saturated heterocycles. The summed E-state index contributed by atoms with van der Waals surface area (Å²) in [7, 11) is 3.60. The van der Waals surface area contributed by atoms with Crippen LogP contribution in [0.5, 0.6) is 0 Å². The largest absolute Gasteiger partial charge is 0.376 e. The molecule has 0 bridgehead atoms. The molecule has 106 valence electrons. The van der Waals surface area contributed by atoms with Gasteiger partial charge in [-0.3, -0.25) is 4.79 Å². The van der Waals surface area contributed by atoms with Crippen molar-refractivity contribution in [2.75, 3.05) is 19.0 Å². The SMILES string of the molecule is CN(C)c1cnn(Cc2c(F)ccc(Cl)c2Cl)c(=O)c1. The monoisotopic (exact) mass is 315 g/mol. The molecule has 2 rings (SSSR count). The van der Waals surface area contributed by atoms with Crippen molar-refractivity contribution in [3.63, 3.8) is 0 Å². The van der Waals surface area contributed by atoms with Crippen LogP contribution in [0.3, 0.4) is 0 Å². The first kappa shape index (κ1) is 14.8. The van der Waals surface area contributed by atoms with Gasteiger partial charge in [-0.1, -0.05) is 23.2 Å². The molecule has 0 amide bonds. The molecule has 1 aromatic carbocycles. The van der Waals surface area contributed by atoms with Crippen molar-refractivity contribution in [3.8, 4) is 0 Å². The molecule has 1 aromatic heterocycles. The van der Waals surface area contributed by atoms with Crippen molar-refractivity contribution in [2.24, 2.45) is 0 Å². The van der Waals surface area contributed by atoms with E-state index in [0.29, 0.717) is 5.69 Å². The fraction of sp³-hybridized carbons (Fsp3) is 0.231. The number of hydrogen-bond acceptors (Lipinski definition) is 3. The first-order valence-electron chi connectivity index (χ1n) is 5.77. The Kier molecular flexibility index (Phi) is 4.30. The first-order chi connectivity index (χ1) is 9.40. The molecule has 0 radical (unpaired) electrons. The van der Waals surface area contributed by atoms with E-state index in [1.54, 1.807) is 19.0 Å². The van der Waals surface area contributed by atoms with E-state index in [0.717, 1.165) is 4.68 Å². The molecule has 2 aromatic rings. The third-order valence-corrected chi connectivity index (χ3v) is 3.66. The number of halogens is 3. The molecular weight excluding hydrogens is 304 g/mol. The van der Waals surface area contributed by atoms with E-state index in [2.05, 4.69) is 5.10 Å². The number of anilines is 1. The quantitative estimate of drug-likeness (QED) is 0.817. The summed E-state index contributed by atoms with van der Waals surface area (Å²) in [6.45, 7) is -0.0717. The number of hydrogen-bond donors (Lipinski definition) is 0. The lowest BCUT2D eigenvalue weighted by atomic mass is 10.2. The van der Waals surface area contributed by atoms with Gasteiger partial charge in [0, 0.05) is 25.7 Å². The zero-order valence-corrected chi connectivity index (χ0v) is 12.4. The number of nitrogens with zero attached hydrogens (tertiary/aromatic N) is 3. The summed E-state index contributed by atoms with van der Waals surface area (Å²) in [5.41, 5.74) is 0.474. The molecule has 0 fully saturated rings. The predicted octanol–water partition coefficient (Wildman–Crippen LogP) is 2.80. The summed E-state index contributed by atoms with van der Waals surface area (Å²) in [5.74, 6) is -0.523. The van der Waals surface area contributed by atoms with Gasteiger partial charge >= 0.3 is 0 Å². The summed E-state index contributed by atoms with van der Waals surface area (Å²) in [6.07, 6.45) is 1.53. The van der Waals surface area contributed by atoms with Gasteiger partial charge in [0.2, 0.25) is 0 Å². The second-order valence-corrected chi connectivity index (χ2v) is 5.21. The van der Waals surface area contributed by atoms with Crippen LogP contribution in [-0.4, -0.2) is 23.9 Å². The Balaban J connectivity index is 2.41. The Bertz CT molecular complexity index is 701. The molecule has 0 saturated carbocycles. The Hall–Kier alpha value is -1.59. The Morgan fingerprint density at radius 1 is 1.35 bits per heavy atom. The average molecular weight is 316 g/mol. The van der Waals surface area contributed by atoms with Crippen LogP contribution in [0.4, 0.5) is 10.1 Å². The second-order valence-electron chi connectivity index (χ2n) is 4.43. The van der Waals surface area contributed by atoms with Crippen LogP contribution in [0.2, 0.25) is 10.0 Å². The minimum Gasteiger partial charge on any atom is -0.376 e. The van der Waals surface area contributed by atoms with Crippen molar-refractivity contribution in [2.45, 2.75) is 6.54 Å². The van der Waals surface area contributed by atoms with Crippen molar-refractivity contribution in [1.82, 2.24) is 9.78 Å². The van der Waals surface area contributed by atoms with Gasteiger partial charge in [-0.25, -0.2) is 9.07 Å². The van der Waals surface area contributed by atoms with Crippen molar-refractivity contribution < 1.29 is 4.39 Å². The molecule has 0 spiro atoms. The Labute approximate surface area is 125 Å². The topological polar surface area (TPSA) is 38.1 Å². The van der Waals surface area contributed by atoms with Crippen molar-refractivity contribution in [3.05, 3.63) is 56.2 Å². The molecule has 0 aliphatic carbocycles. The first-order valence-corrected chi connectivity index (χ1v) is 6.52.